The standard InChI is InChI=1S/C17H20O3/c1-4-13-5-7-15(8-6-13)17-18-10-14(11-19-17)16(20-17)9-12(2)3/h1,5-8,12,14,16H,9-11H2,2-3H3. The molecule has 0 amide bonds. The van der Waals surface area contributed by atoms with E-state index in [2.05, 4.69) is 19.8 Å². The molecule has 1 aromatic rings. The van der Waals surface area contributed by atoms with Gasteiger partial charge < -0.3 is 14.2 Å². The number of terminal acetylenes is 1. The van der Waals surface area contributed by atoms with Gasteiger partial charge in [-0.15, -0.1) is 6.42 Å². The molecule has 1 aromatic carbocycles. The summed E-state index contributed by atoms with van der Waals surface area (Å²) in [6.45, 7) is 5.80. The first-order valence-electron chi connectivity index (χ1n) is 7.16. The fourth-order valence-electron chi connectivity index (χ4n) is 2.81. The third-order valence-corrected chi connectivity index (χ3v) is 3.92. The SMILES string of the molecule is C#Cc1ccc(C23OCC(CO2)C(CC(C)C)O3)cc1. The number of rotatable bonds is 3. The van der Waals surface area contributed by atoms with E-state index in [0.717, 1.165) is 17.5 Å². The van der Waals surface area contributed by atoms with Crippen molar-refractivity contribution in [3.8, 4) is 12.3 Å². The number of hydrogen-bond donors (Lipinski definition) is 0. The molecule has 0 N–H and O–H groups in total. The summed E-state index contributed by atoms with van der Waals surface area (Å²) in [4.78, 5) is 0. The van der Waals surface area contributed by atoms with E-state index >= 15 is 0 Å². The van der Waals surface area contributed by atoms with Gasteiger partial charge in [0.05, 0.1) is 19.3 Å². The van der Waals surface area contributed by atoms with Gasteiger partial charge in [0.25, 0.3) is 0 Å². The smallest absolute Gasteiger partial charge is 0.312 e. The van der Waals surface area contributed by atoms with Crippen molar-refractivity contribution < 1.29 is 14.2 Å². The summed E-state index contributed by atoms with van der Waals surface area (Å²) in [7, 11) is 0. The number of hydrogen-bond acceptors (Lipinski definition) is 3. The van der Waals surface area contributed by atoms with E-state index in [-0.39, 0.29) is 6.10 Å². The molecule has 2 bridgehead atoms. The molecule has 1 unspecified atom stereocenters. The topological polar surface area (TPSA) is 27.7 Å². The first-order valence-corrected chi connectivity index (χ1v) is 7.16. The molecule has 0 aromatic heterocycles. The number of benzene rings is 1. The summed E-state index contributed by atoms with van der Waals surface area (Å²) in [6, 6.07) is 7.62. The molecule has 0 saturated carbocycles. The van der Waals surface area contributed by atoms with Gasteiger partial charge >= 0.3 is 5.97 Å². The lowest BCUT2D eigenvalue weighted by Crippen LogP contribution is -2.56. The van der Waals surface area contributed by atoms with Crippen LogP contribution in [0.25, 0.3) is 0 Å². The molecule has 3 nitrogen and oxygen atoms in total. The van der Waals surface area contributed by atoms with Crippen molar-refractivity contribution in [2.45, 2.75) is 32.3 Å². The summed E-state index contributed by atoms with van der Waals surface area (Å²) >= 11 is 0. The highest BCUT2D eigenvalue weighted by Gasteiger charge is 2.50. The van der Waals surface area contributed by atoms with E-state index in [1.807, 2.05) is 24.3 Å². The molecule has 0 aliphatic carbocycles. The van der Waals surface area contributed by atoms with E-state index in [0.29, 0.717) is 25.0 Å². The van der Waals surface area contributed by atoms with Gasteiger partial charge in [-0.2, -0.15) is 0 Å². The third-order valence-electron chi connectivity index (χ3n) is 3.92. The Balaban J connectivity index is 1.85. The van der Waals surface area contributed by atoms with Crippen molar-refractivity contribution in [3.05, 3.63) is 35.4 Å². The van der Waals surface area contributed by atoms with Crippen LogP contribution in [0.2, 0.25) is 0 Å². The van der Waals surface area contributed by atoms with Crippen molar-refractivity contribution in [3.63, 3.8) is 0 Å². The highest BCUT2D eigenvalue weighted by atomic mass is 16.9. The van der Waals surface area contributed by atoms with Gasteiger partial charge in [0.15, 0.2) is 0 Å². The lowest BCUT2D eigenvalue weighted by atomic mass is 9.92. The molecule has 3 aliphatic heterocycles. The van der Waals surface area contributed by atoms with E-state index in [4.69, 9.17) is 20.6 Å². The Hall–Kier alpha value is -1.34. The van der Waals surface area contributed by atoms with Gasteiger partial charge in [-0.25, -0.2) is 0 Å². The Morgan fingerprint density at radius 2 is 1.90 bits per heavy atom. The van der Waals surface area contributed by atoms with Crippen LogP contribution >= 0.6 is 0 Å². The van der Waals surface area contributed by atoms with Crippen LogP contribution in [0.3, 0.4) is 0 Å². The predicted molar refractivity (Wildman–Crippen MR) is 75.8 cm³/mol. The summed E-state index contributed by atoms with van der Waals surface area (Å²) in [5.74, 6) is 2.50. The Kier molecular flexibility index (Phi) is 3.55. The predicted octanol–water partition coefficient (Wildman–Crippen LogP) is 2.89. The van der Waals surface area contributed by atoms with E-state index in [1.165, 1.54) is 0 Å². The first-order chi connectivity index (χ1) is 9.63. The molecule has 1 atom stereocenters. The number of ether oxygens (including phenoxy) is 3. The van der Waals surface area contributed by atoms with E-state index in [9.17, 15) is 0 Å². The van der Waals surface area contributed by atoms with Gasteiger partial charge in [0.2, 0.25) is 0 Å². The molecule has 3 fully saturated rings. The maximum absolute atomic E-state index is 6.15. The van der Waals surface area contributed by atoms with Crippen LogP contribution in [0.1, 0.15) is 31.4 Å². The highest BCUT2D eigenvalue weighted by Crippen LogP contribution is 2.43. The summed E-state index contributed by atoms with van der Waals surface area (Å²) < 4.78 is 17.8. The lowest BCUT2D eigenvalue weighted by Gasteiger charge is -2.50. The van der Waals surface area contributed by atoms with Gasteiger partial charge in [-0.1, -0.05) is 19.8 Å². The monoisotopic (exact) mass is 272 g/mol. The van der Waals surface area contributed by atoms with Crippen molar-refractivity contribution >= 4 is 0 Å². The summed E-state index contributed by atoms with van der Waals surface area (Å²) in [5.41, 5.74) is 1.72. The van der Waals surface area contributed by atoms with Gasteiger partial charge in [-0.05, 0) is 36.6 Å². The van der Waals surface area contributed by atoms with Crippen LogP contribution in [0.15, 0.2) is 24.3 Å². The average Bonchev–Trinajstić information content (AvgIpc) is 2.48. The van der Waals surface area contributed by atoms with Crippen molar-refractivity contribution in [1.82, 2.24) is 0 Å². The van der Waals surface area contributed by atoms with Crippen LogP contribution < -0.4 is 0 Å². The minimum Gasteiger partial charge on any atom is -0.323 e. The van der Waals surface area contributed by atoms with Crippen LogP contribution in [-0.2, 0) is 20.2 Å². The van der Waals surface area contributed by atoms with E-state index < -0.39 is 5.97 Å². The Labute approximate surface area is 120 Å². The molecule has 4 rings (SSSR count). The van der Waals surface area contributed by atoms with Crippen LogP contribution in [0.5, 0.6) is 0 Å². The molecule has 20 heavy (non-hydrogen) atoms. The molecule has 106 valence electrons. The quantitative estimate of drug-likeness (QED) is 0.792. The zero-order chi connectivity index (χ0) is 14.2. The fourth-order valence-corrected chi connectivity index (χ4v) is 2.81. The lowest BCUT2D eigenvalue weighted by molar-refractivity contribution is -0.480. The second-order valence-electron chi connectivity index (χ2n) is 5.95. The van der Waals surface area contributed by atoms with Crippen molar-refractivity contribution in [2.24, 2.45) is 11.8 Å². The van der Waals surface area contributed by atoms with Crippen molar-refractivity contribution in [2.75, 3.05) is 13.2 Å². The molecule has 0 radical (unpaired) electrons. The molecule has 3 heteroatoms. The maximum atomic E-state index is 6.15. The van der Waals surface area contributed by atoms with E-state index in [1.54, 1.807) is 0 Å². The second-order valence-corrected chi connectivity index (χ2v) is 5.95. The van der Waals surface area contributed by atoms with Gasteiger partial charge in [-0.3, -0.25) is 0 Å². The van der Waals surface area contributed by atoms with Crippen LogP contribution in [0.4, 0.5) is 0 Å². The number of fused-ring (bicyclic) bond motifs is 3. The molecular weight excluding hydrogens is 252 g/mol. The summed E-state index contributed by atoms with van der Waals surface area (Å²) in [5, 5.41) is 0. The van der Waals surface area contributed by atoms with Crippen molar-refractivity contribution in [1.29, 1.82) is 0 Å². The zero-order valence-electron chi connectivity index (χ0n) is 12.0. The molecule has 3 heterocycles. The average molecular weight is 272 g/mol. The molecular formula is C17H20O3. The second kappa shape index (κ2) is 5.21. The van der Waals surface area contributed by atoms with Crippen LogP contribution in [0, 0.1) is 24.2 Å². The largest absolute Gasteiger partial charge is 0.323 e. The minimum atomic E-state index is -1.04. The third kappa shape index (κ3) is 2.35. The Bertz CT molecular complexity index is 504. The van der Waals surface area contributed by atoms with Gasteiger partial charge in [0, 0.05) is 17.0 Å². The molecule has 3 aliphatic rings. The fraction of sp³-hybridized carbons (Fsp3) is 0.529. The zero-order valence-corrected chi connectivity index (χ0v) is 12.0. The Morgan fingerprint density at radius 3 is 2.45 bits per heavy atom. The Morgan fingerprint density at radius 1 is 1.25 bits per heavy atom. The molecule has 0 spiro atoms. The first kappa shape index (κ1) is 13.6. The van der Waals surface area contributed by atoms with Gasteiger partial charge in [0.1, 0.15) is 0 Å². The normalized spacial score (nSPS) is 32.3. The minimum absolute atomic E-state index is 0.199. The highest BCUT2D eigenvalue weighted by molar-refractivity contribution is 5.35. The maximum Gasteiger partial charge on any atom is 0.312 e. The summed E-state index contributed by atoms with van der Waals surface area (Å²) in [6.07, 6.45) is 6.61. The molecule has 3 saturated heterocycles. The van der Waals surface area contributed by atoms with Crippen LogP contribution in [-0.4, -0.2) is 19.3 Å².